The molecule has 9 heteroatoms. The zero-order valence-electron chi connectivity index (χ0n) is 17.2. The Bertz CT molecular complexity index is 1140. The van der Waals surface area contributed by atoms with E-state index in [1.165, 1.54) is 6.07 Å². The summed E-state index contributed by atoms with van der Waals surface area (Å²) in [7, 11) is 0. The van der Waals surface area contributed by atoms with Gasteiger partial charge in [0.15, 0.2) is 0 Å². The number of hydrogen-bond acceptors (Lipinski definition) is 7. The van der Waals surface area contributed by atoms with Crippen LogP contribution in [0.2, 0.25) is 0 Å². The smallest absolute Gasteiger partial charge is 0.274 e. The Morgan fingerprint density at radius 2 is 2.06 bits per heavy atom. The second-order valence-corrected chi connectivity index (χ2v) is 7.99. The van der Waals surface area contributed by atoms with Crippen LogP contribution in [0.3, 0.4) is 0 Å². The van der Waals surface area contributed by atoms with Gasteiger partial charge in [0.2, 0.25) is 5.95 Å². The summed E-state index contributed by atoms with van der Waals surface area (Å²) in [6, 6.07) is 13.8. The topological polar surface area (TPSA) is 99.6 Å². The molecule has 8 nitrogen and oxygen atoms in total. The number of nitrogens with one attached hydrogen (secondary N) is 2. The van der Waals surface area contributed by atoms with Crippen molar-refractivity contribution in [1.29, 1.82) is 0 Å². The molecule has 3 N–H and O–H groups in total. The largest absolute Gasteiger partial charge is 0.375 e. The number of carbonyl (C=O) groups is 1. The van der Waals surface area contributed by atoms with Crippen LogP contribution in [0.5, 0.6) is 0 Å². The quantitative estimate of drug-likeness (QED) is 0.404. The normalized spacial score (nSPS) is 19.8. The molecule has 0 spiro atoms. The van der Waals surface area contributed by atoms with Gasteiger partial charge in [-0.15, -0.1) is 0 Å². The number of hydroxylamine groups is 1. The van der Waals surface area contributed by atoms with Crippen LogP contribution in [0.1, 0.15) is 22.3 Å². The fraction of sp³-hybridized carbons (Fsp3) is 0.261. The first-order valence-electron chi connectivity index (χ1n) is 10.4. The molecule has 32 heavy (non-hydrogen) atoms. The van der Waals surface area contributed by atoms with Gasteiger partial charge < -0.3 is 10.1 Å². The molecule has 2 unspecified atom stereocenters. The molecule has 1 amide bonds. The van der Waals surface area contributed by atoms with Crippen LogP contribution in [0.4, 0.5) is 16.0 Å². The Morgan fingerprint density at radius 1 is 1.22 bits per heavy atom. The van der Waals surface area contributed by atoms with E-state index in [0.717, 1.165) is 25.1 Å². The van der Waals surface area contributed by atoms with E-state index >= 15 is 0 Å². The standard InChI is InChI=1S/C23H22FN5O3/c24-20-9-17(6-5-16(20)11-29-12-19-10-18(29)13-32-19)26-23-25-8-7-21(27-23)14-1-3-15(4-2-14)22(30)28-31/h1-9,18-19,31H,10-13H2,(H,28,30)(H,25,26,27). The number of carbonyl (C=O) groups excluding carboxylic acids is 1. The maximum absolute atomic E-state index is 14.7. The highest BCUT2D eigenvalue weighted by Crippen LogP contribution is 2.30. The summed E-state index contributed by atoms with van der Waals surface area (Å²) in [5, 5.41) is 11.8. The summed E-state index contributed by atoms with van der Waals surface area (Å²) in [6.45, 7) is 2.17. The molecule has 2 aliphatic heterocycles. The molecule has 0 radical (unpaired) electrons. The van der Waals surface area contributed by atoms with E-state index in [4.69, 9.17) is 9.94 Å². The zero-order valence-corrected chi connectivity index (χ0v) is 17.2. The number of likely N-dealkylation sites (tertiary alicyclic amines) is 1. The van der Waals surface area contributed by atoms with Crippen LogP contribution in [-0.2, 0) is 11.3 Å². The number of benzene rings is 2. The van der Waals surface area contributed by atoms with E-state index < -0.39 is 5.91 Å². The molecule has 2 fully saturated rings. The molecule has 2 aliphatic rings. The van der Waals surface area contributed by atoms with Crippen molar-refractivity contribution in [3.63, 3.8) is 0 Å². The van der Waals surface area contributed by atoms with Crippen molar-refractivity contribution < 1.29 is 19.1 Å². The fourth-order valence-corrected chi connectivity index (χ4v) is 4.21. The maximum atomic E-state index is 14.7. The van der Waals surface area contributed by atoms with Gasteiger partial charge in [-0.05, 0) is 36.8 Å². The van der Waals surface area contributed by atoms with E-state index in [1.54, 1.807) is 48.1 Å². The summed E-state index contributed by atoms with van der Waals surface area (Å²) in [5.41, 5.74) is 4.56. The number of anilines is 2. The molecule has 164 valence electrons. The Morgan fingerprint density at radius 3 is 2.75 bits per heavy atom. The third kappa shape index (κ3) is 4.18. The Hall–Kier alpha value is -3.40. The van der Waals surface area contributed by atoms with Crippen LogP contribution in [-0.4, -0.2) is 51.3 Å². The minimum absolute atomic E-state index is 0.271. The van der Waals surface area contributed by atoms with Crippen molar-refractivity contribution in [3.8, 4) is 11.3 Å². The van der Waals surface area contributed by atoms with Crippen molar-refractivity contribution in [1.82, 2.24) is 20.3 Å². The van der Waals surface area contributed by atoms with Crippen LogP contribution in [0, 0.1) is 5.82 Å². The van der Waals surface area contributed by atoms with Crippen molar-refractivity contribution in [2.75, 3.05) is 18.5 Å². The first-order chi connectivity index (χ1) is 15.6. The minimum Gasteiger partial charge on any atom is -0.375 e. The first kappa shape index (κ1) is 20.5. The highest BCUT2D eigenvalue weighted by atomic mass is 19.1. The summed E-state index contributed by atoms with van der Waals surface area (Å²) in [6.07, 6.45) is 2.93. The lowest BCUT2D eigenvalue weighted by molar-refractivity contribution is 0.0269. The average molecular weight is 435 g/mol. The van der Waals surface area contributed by atoms with Crippen LogP contribution in [0.25, 0.3) is 11.3 Å². The summed E-state index contributed by atoms with van der Waals surface area (Å²) >= 11 is 0. The average Bonchev–Trinajstić information content (AvgIpc) is 3.44. The molecular weight excluding hydrogens is 413 g/mol. The Kier molecular flexibility index (Phi) is 5.52. The van der Waals surface area contributed by atoms with Crippen LogP contribution >= 0.6 is 0 Å². The monoisotopic (exact) mass is 435 g/mol. The lowest BCUT2D eigenvalue weighted by Gasteiger charge is -2.26. The van der Waals surface area contributed by atoms with E-state index in [-0.39, 0.29) is 11.9 Å². The highest BCUT2D eigenvalue weighted by Gasteiger charge is 2.38. The fourth-order valence-electron chi connectivity index (χ4n) is 4.21. The van der Waals surface area contributed by atoms with Gasteiger partial charge in [0.05, 0.1) is 18.4 Å². The number of ether oxygens (including phenoxy) is 1. The van der Waals surface area contributed by atoms with Crippen LogP contribution in [0.15, 0.2) is 54.7 Å². The van der Waals surface area contributed by atoms with Gasteiger partial charge in [-0.2, -0.15) is 0 Å². The Labute approximate surface area is 184 Å². The molecule has 3 heterocycles. The van der Waals surface area contributed by atoms with Crippen molar-refractivity contribution in [3.05, 3.63) is 71.7 Å². The van der Waals surface area contributed by atoms with Gasteiger partial charge in [0.1, 0.15) is 5.82 Å². The molecule has 1 aromatic heterocycles. The number of morpholine rings is 1. The van der Waals surface area contributed by atoms with Gasteiger partial charge in [-0.3, -0.25) is 14.9 Å². The predicted molar refractivity (Wildman–Crippen MR) is 115 cm³/mol. The first-order valence-corrected chi connectivity index (χ1v) is 10.4. The van der Waals surface area contributed by atoms with Gasteiger partial charge in [0, 0.05) is 47.7 Å². The molecule has 2 aromatic carbocycles. The second kappa shape index (κ2) is 8.62. The summed E-state index contributed by atoms with van der Waals surface area (Å²) in [4.78, 5) is 22.4. The Balaban J connectivity index is 1.28. The van der Waals surface area contributed by atoms with E-state index in [9.17, 15) is 9.18 Å². The van der Waals surface area contributed by atoms with Crippen molar-refractivity contribution >= 4 is 17.5 Å². The maximum Gasteiger partial charge on any atom is 0.274 e. The molecule has 5 rings (SSSR count). The number of rotatable bonds is 6. The van der Waals surface area contributed by atoms with E-state index in [1.807, 2.05) is 6.07 Å². The number of halogens is 1. The van der Waals surface area contributed by atoms with E-state index in [0.29, 0.717) is 41.0 Å². The lowest BCUT2D eigenvalue weighted by atomic mass is 10.1. The SMILES string of the molecule is O=C(NO)c1ccc(-c2ccnc(Nc3ccc(CN4CC5CC4CO5)c(F)c3)n2)cc1. The molecule has 0 saturated carbocycles. The van der Waals surface area contributed by atoms with Gasteiger partial charge in [-0.25, -0.2) is 19.8 Å². The number of nitrogens with zero attached hydrogens (tertiary/aromatic N) is 3. The lowest BCUT2D eigenvalue weighted by Crippen LogP contribution is -2.36. The van der Waals surface area contributed by atoms with Crippen molar-refractivity contribution in [2.24, 2.45) is 0 Å². The number of fused-ring (bicyclic) bond motifs is 2. The van der Waals surface area contributed by atoms with Crippen LogP contribution < -0.4 is 10.8 Å². The predicted octanol–water partition coefficient (Wildman–Crippen LogP) is 3.12. The third-order valence-electron chi connectivity index (χ3n) is 5.90. The number of amides is 1. The minimum atomic E-state index is -0.586. The molecule has 2 saturated heterocycles. The second-order valence-electron chi connectivity index (χ2n) is 7.99. The van der Waals surface area contributed by atoms with Crippen molar-refractivity contribution in [2.45, 2.75) is 25.1 Å². The summed E-state index contributed by atoms with van der Waals surface area (Å²) in [5.74, 6) is -0.522. The molecular formula is C23H22FN5O3. The molecule has 0 aliphatic carbocycles. The summed E-state index contributed by atoms with van der Waals surface area (Å²) < 4.78 is 20.3. The van der Waals surface area contributed by atoms with Gasteiger partial charge in [-0.1, -0.05) is 18.2 Å². The van der Waals surface area contributed by atoms with Gasteiger partial charge >= 0.3 is 0 Å². The third-order valence-corrected chi connectivity index (χ3v) is 5.90. The van der Waals surface area contributed by atoms with Gasteiger partial charge in [0.25, 0.3) is 5.91 Å². The highest BCUT2D eigenvalue weighted by molar-refractivity contribution is 5.93. The van der Waals surface area contributed by atoms with E-state index in [2.05, 4.69) is 20.2 Å². The zero-order chi connectivity index (χ0) is 22.1. The molecule has 2 atom stereocenters. The molecule has 2 bridgehead atoms. The number of aromatic nitrogens is 2. The number of hydrogen-bond donors (Lipinski definition) is 3. The molecule has 3 aromatic rings.